The molecule has 1 aromatic rings. The molecule has 4 heteroatoms. The van der Waals surface area contributed by atoms with Crippen molar-refractivity contribution in [2.24, 2.45) is 0 Å². The van der Waals surface area contributed by atoms with Gasteiger partial charge in [-0.05, 0) is 18.1 Å². The van der Waals surface area contributed by atoms with Crippen molar-refractivity contribution in [3.8, 4) is 0 Å². The summed E-state index contributed by atoms with van der Waals surface area (Å²) >= 11 is 0. The highest BCUT2D eigenvalue weighted by Crippen LogP contribution is 2.21. The first-order chi connectivity index (χ1) is 9.50. The predicted molar refractivity (Wildman–Crippen MR) is 77.5 cm³/mol. The second-order valence-corrected chi connectivity index (χ2v) is 5.69. The highest BCUT2D eigenvalue weighted by atomic mass is 16.5. The van der Waals surface area contributed by atoms with Gasteiger partial charge in [0.2, 0.25) is 5.91 Å². The first-order valence-electron chi connectivity index (χ1n) is 7.09. The molecule has 0 saturated carbocycles. The standard InChI is InChI=1S/C16H23NO3/c1-13-5-3-4-6-14(13)11-15(18)17(2)12-16(19)7-9-20-10-8-16/h3-6,19H,7-12H2,1-2H3. The van der Waals surface area contributed by atoms with Gasteiger partial charge in [0, 0.05) is 39.6 Å². The molecule has 2 rings (SSSR count). The maximum atomic E-state index is 12.3. The van der Waals surface area contributed by atoms with E-state index in [2.05, 4.69) is 0 Å². The van der Waals surface area contributed by atoms with Crippen LogP contribution in [0, 0.1) is 6.92 Å². The van der Waals surface area contributed by atoms with E-state index >= 15 is 0 Å². The van der Waals surface area contributed by atoms with Crippen molar-refractivity contribution in [1.82, 2.24) is 4.90 Å². The number of aryl methyl sites for hydroxylation is 1. The first kappa shape index (κ1) is 15.0. The third-order valence-corrected chi connectivity index (χ3v) is 3.98. The summed E-state index contributed by atoms with van der Waals surface area (Å²) in [5.41, 5.74) is 1.37. The van der Waals surface area contributed by atoms with E-state index in [-0.39, 0.29) is 5.91 Å². The summed E-state index contributed by atoms with van der Waals surface area (Å²) in [4.78, 5) is 13.9. The third kappa shape index (κ3) is 3.81. The minimum absolute atomic E-state index is 0.0409. The molecule has 1 aliphatic heterocycles. The van der Waals surface area contributed by atoms with Crippen LogP contribution in [0.4, 0.5) is 0 Å². The van der Waals surface area contributed by atoms with Crippen molar-refractivity contribution < 1.29 is 14.6 Å². The van der Waals surface area contributed by atoms with Crippen LogP contribution >= 0.6 is 0 Å². The van der Waals surface area contributed by atoms with E-state index < -0.39 is 5.60 Å². The number of amides is 1. The van der Waals surface area contributed by atoms with E-state index in [1.807, 2.05) is 31.2 Å². The Balaban J connectivity index is 1.93. The maximum Gasteiger partial charge on any atom is 0.226 e. The van der Waals surface area contributed by atoms with Crippen LogP contribution in [0.5, 0.6) is 0 Å². The lowest BCUT2D eigenvalue weighted by Gasteiger charge is -2.35. The molecule has 1 aromatic carbocycles. The molecule has 0 aromatic heterocycles. The summed E-state index contributed by atoms with van der Waals surface area (Å²) in [7, 11) is 1.76. The van der Waals surface area contributed by atoms with Crippen molar-refractivity contribution >= 4 is 5.91 Å². The Morgan fingerprint density at radius 1 is 1.35 bits per heavy atom. The van der Waals surface area contributed by atoms with Crippen LogP contribution in [0.15, 0.2) is 24.3 Å². The summed E-state index contributed by atoms with van der Waals surface area (Å²) in [5.74, 6) is 0.0409. The molecule has 1 fully saturated rings. The lowest BCUT2D eigenvalue weighted by molar-refractivity contribution is -0.136. The monoisotopic (exact) mass is 277 g/mol. The number of aliphatic hydroxyl groups is 1. The average molecular weight is 277 g/mol. The van der Waals surface area contributed by atoms with Crippen molar-refractivity contribution in [2.75, 3.05) is 26.8 Å². The van der Waals surface area contributed by atoms with E-state index in [0.29, 0.717) is 39.0 Å². The number of hydrogen-bond donors (Lipinski definition) is 1. The van der Waals surface area contributed by atoms with Crippen molar-refractivity contribution in [2.45, 2.75) is 31.8 Å². The number of carbonyl (C=O) groups is 1. The molecule has 20 heavy (non-hydrogen) atoms. The molecule has 1 heterocycles. The largest absolute Gasteiger partial charge is 0.388 e. The van der Waals surface area contributed by atoms with Crippen molar-refractivity contribution in [3.63, 3.8) is 0 Å². The van der Waals surface area contributed by atoms with Gasteiger partial charge < -0.3 is 14.7 Å². The summed E-state index contributed by atoms with van der Waals surface area (Å²) in [6.07, 6.45) is 1.57. The predicted octanol–water partition coefficient (Wildman–Crippen LogP) is 1.54. The van der Waals surface area contributed by atoms with Crippen LogP contribution in [-0.4, -0.2) is 48.3 Å². The maximum absolute atomic E-state index is 12.3. The second-order valence-electron chi connectivity index (χ2n) is 5.69. The minimum atomic E-state index is -0.797. The minimum Gasteiger partial charge on any atom is -0.388 e. The van der Waals surface area contributed by atoms with Gasteiger partial charge in [-0.25, -0.2) is 0 Å². The van der Waals surface area contributed by atoms with Crippen molar-refractivity contribution in [3.05, 3.63) is 35.4 Å². The topological polar surface area (TPSA) is 49.8 Å². The normalized spacial score (nSPS) is 17.8. The Kier molecular flexibility index (Phi) is 4.78. The highest BCUT2D eigenvalue weighted by molar-refractivity contribution is 5.79. The smallest absolute Gasteiger partial charge is 0.226 e. The van der Waals surface area contributed by atoms with Crippen LogP contribution in [0.3, 0.4) is 0 Å². The second kappa shape index (κ2) is 6.37. The van der Waals surface area contributed by atoms with Gasteiger partial charge in [0.1, 0.15) is 0 Å². The molecule has 0 spiro atoms. The van der Waals surface area contributed by atoms with Gasteiger partial charge in [0.15, 0.2) is 0 Å². The molecule has 0 bridgehead atoms. The molecule has 0 unspecified atom stereocenters. The number of nitrogens with zero attached hydrogens (tertiary/aromatic N) is 1. The number of ether oxygens (including phenoxy) is 1. The Labute approximate surface area is 120 Å². The van der Waals surface area contributed by atoms with Crippen LogP contribution in [0.1, 0.15) is 24.0 Å². The lowest BCUT2D eigenvalue weighted by Crippen LogP contribution is -2.47. The summed E-state index contributed by atoms with van der Waals surface area (Å²) in [5, 5.41) is 10.4. The van der Waals surface area contributed by atoms with Gasteiger partial charge in [-0.1, -0.05) is 24.3 Å². The quantitative estimate of drug-likeness (QED) is 0.908. The fourth-order valence-corrected chi connectivity index (χ4v) is 2.55. The molecule has 1 aliphatic rings. The molecule has 110 valence electrons. The molecular formula is C16H23NO3. The fourth-order valence-electron chi connectivity index (χ4n) is 2.55. The summed E-state index contributed by atoms with van der Waals surface area (Å²) < 4.78 is 5.25. The number of carbonyl (C=O) groups excluding carboxylic acids is 1. The molecule has 1 saturated heterocycles. The van der Waals surface area contributed by atoms with Crippen LogP contribution in [0.25, 0.3) is 0 Å². The molecule has 1 N–H and O–H groups in total. The van der Waals surface area contributed by atoms with Crippen LogP contribution < -0.4 is 0 Å². The number of hydrogen-bond acceptors (Lipinski definition) is 3. The van der Waals surface area contributed by atoms with Crippen LogP contribution in [-0.2, 0) is 16.0 Å². The average Bonchev–Trinajstić information content (AvgIpc) is 2.41. The number of benzene rings is 1. The zero-order valence-corrected chi connectivity index (χ0v) is 12.3. The Bertz CT molecular complexity index is 467. The third-order valence-electron chi connectivity index (χ3n) is 3.98. The molecular weight excluding hydrogens is 254 g/mol. The lowest BCUT2D eigenvalue weighted by atomic mass is 9.93. The zero-order valence-electron chi connectivity index (χ0n) is 12.3. The molecule has 4 nitrogen and oxygen atoms in total. The van der Waals surface area contributed by atoms with Crippen LogP contribution in [0.2, 0.25) is 0 Å². The van der Waals surface area contributed by atoms with Gasteiger partial charge in [-0.2, -0.15) is 0 Å². The highest BCUT2D eigenvalue weighted by Gasteiger charge is 2.32. The van der Waals surface area contributed by atoms with E-state index in [0.717, 1.165) is 11.1 Å². The molecule has 1 amide bonds. The van der Waals surface area contributed by atoms with Crippen molar-refractivity contribution in [1.29, 1.82) is 0 Å². The van der Waals surface area contributed by atoms with Gasteiger partial charge in [-0.3, -0.25) is 4.79 Å². The zero-order chi connectivity index (χ0) is 14.6. The van der Waals surface area contributed by atoms with E-state index in [1.54, 1.807) is 11.9 Å². The van der Waals surface area contributed by atoms with E-state index in [9.17, 15) is 9.90 Å². The van der Waals surface area contributed by atoms with E-state index in [1.165, 1.54) is 0 Å². The Morgan fingerprint density at radius 3 is 2.65 bits per heavy atom. The molecule has 0 aliphatic carbocycles. The van der Waals surface area contributed by atoms with E-state index in [4.69, 9.17) is 4.74 Å². The fraction of sp³-hybridized carbons (Fsp3) is 0.562. The van der Waals surface area contributed by atoms with Gasteiger partial charge in [0.05, 0.1) is 12.0 Å². The van der Waals surface area contributed by atoms with Gasteiger partial charge >= 0.3 is 0 Å². The molecule has 0 radical (unpaired) electrons. The summed E-state index contributed by atoms with van der Waals surface area (Å²) in [6.45, 7) is 3.52. The Morgan fingerprint density at radius 2 is 2.00 bits per heavy atom. The number of rotatable bonds is 4. The summed E-state index contributed by atoms with van der Waals surface area (Å²) in [6, 6.07) is 7.90. The van der Waals surface area contributed by atoms with Gasteiger partial charge in [-0.15, -0.1) is 0 Å². The Hall–Kier alpha value is -1.39. The number of likely N-dealkylation sites (N-methyl/N-ethyl adjacent to an activating group) is 1. The first-order valence-corrected chi connectivity index (χ1v) is 7.09. The SMILES string of the molecule is Cc1ccccc1CC(=O)N(C)CC1(O)CCOCC1. The molecule has 0 atom stereocenters. The van der Waals surface area contributed by atoms with Gasteiger partial charge in [0.25, 0.3) is 0 Å².